The van der Waals surface area contributed by atoms with Crippen LogP contribution in [0.2, 0.25) is 0 Å². The van der Waals surface area contributed by atoms with Gasteiger partial charge in [0, 0.05) is 37.0 Å². The fraction of sp³-hybridized carbons (Fsp3) is 0.417. The number of hydrogen-bond donors (Lipinski definition) is 2. The Bertz CT molecular complexity index is 1250. The van der Waals surface area contributed by atoms with Crippen molar-refractivity contribution in [3.05, 3.63) is 41.3 Å². The zero-order chi connectivity index (χ0) is 26.0. The van der Waals surface area contributed by atoms with Crippen LogP contribution in [0.4, 0.5) is 25.2 Å². The first-order valence-electron chi connectivity index (χ1n) is 11.4. The predicted molar refractivity (Wildman–Crippen MR) is 133 cm³/mol. The van der Waals surface area contributed by atoms with Crippen molar-refractivity contribution in [1.82, 2.24) is 19.9 Å². The molecule has 1 aliphatic heterocycles. The van der Waals surface area contributed by atoms with E-state index in [1.165, 1.54) is 34.4 Å². The summed E-state index contributed by atoms with van der Waals surface area (Å²) in [4.78, 5) is 27.5. The summed E-state index contributed by atoms with van der Waals surface area (Å²) in [7, 11) is 0. The standard InChI is InChI=1S/C24H28F2N6O3S/c1-13-29-21(34-19-6-5-15(27)10-17(19)26)20(36-13)18-7-8-28-22(31-18)30-16-9-14(25)11-32(12-16)23(33)35-24(2,3)4/h5-8,10,14,16H,9,11-12,27H2,1-4H3,(H,28,30,31)/t14-,16-/m0/s1. The number of hydrogen-bond acceptors (Lipinski definition) is 9. The van der Waals surface area contributed by atoms with Gasteiger partial charge < -0.3 is 25.4 Å². The Morgan fingerprint density at radius 2 is 2.03 bits per heavy atom. The zero-order valence-electron chi connectivity index (χ0n) is 20.4. The Labute approximate surface area is 211 Å². The maximum atomic E-state index is 14.5. The molecule has 3 heterocycles. The van der Waals surface area contributed by atoms with E-state index in [-0.39, 0.29) is 42.8 Å². The van der Waals surface area contributed by atoms with E-state index in [0.717, 1.165) is 0 Å². The number of likely N-dealkylation sites (tertiary alicyclic amines) is 1. The number of rotatable bonds is 5. The highest BCUT2D eigenvalue weighted by molar-refractivity contribution is 7.15. The Hall–Kier alpha value is -3.54. The molecule has 0 saturated carbocycles. The summed E-state index contributed by atoms with van der Waals surface area (Å²) >= 11 is 1.33. The first-order valence-corrected chi connectivity index (χ1v) is 12.2. The van der Waals surface area contributed by atoms with Crippen LogP contribution < -0.4 is 15.8 Å². The molecule has 12 heteroatoms. The monoisotopic (exact) mass is 518 g/mol. The van der Waals surface area contributed by atoms with Crippen molar-refractivity contribution in [1.29, 1.82) is 0 Å². The van der Waals surface area contributed by atoms with Crippen LogP contribution in [-0.2, 0) is 4.74 Å². The van der Waals surface area contributed by atoms with Crippen molar-refractivity contribution in [3.63, 3.8) is 0 Å². The number of aryl methyl sites for hydroxylation is 1. The van der Waals surface area contributed by atoms with Gasteiger partial charge in [-0.2, -0.15) is 0 Å². The van der Waals surface area contributed by atoms with Gasteiger partial charge in [0.15, 0.2) is 11.6 Å². The van der Waals surface area contributed by atoms with Crippen LogP contribution >= 0.6 is 11.3 Å². The molecule has 0 aliphatic carbocycles. The van der Waals surface area contributed by atoms with E-state index in [4.69, 9.17) is 15.2 Å². The minimum absolute atomic E-state index is 0.0124. The van der Waals surface area contributed by atoms with Gasteiger partial charge in [-0.3, -0.25) is 0 Å². The topological polar surface area (TPSA) is 115 Å². The summed E-state index contributed by atoms with van der Waals surface area (Å²) < 4.78 is 39.9. The molecular formula is C24H28F2N6O3S. The second-order valence-corrected chi connectivity index (χ2v) is 10.7. The number of alkyl halides is 1. The van der Waals surface area contributed by atoms with Gasteiger partial charge in [-0.05, 0) is 45.9 Å². The van der Waals surface area contributed by atoms with Crippen molar-refractivity contribution >= 4 is 29.1 Å². The minimum Gasteiger partial charge on any atom is -0.444 e. The van der Waals surface area contributed by atoms with Crippen LogP contribution in [-0.4, -0.2) is 56.8 Å². The number of anilines is 2. The number of halogens is 2. The van der Waals surface area contributed by atoms with E-state index < -0.39 is 29.7 Å². The molecule has 1 fully saturated rings. The molecule has 3 aromatic rings. The van der Waals surface area contributed by atoms with E-state index in [0.29, 0.717) is 15.6 Å². The van der Waals surface area contributed by atoms with Crippen molar-refractivity contribution in [2.45, 2.75) is 51.9 Å². The number of aromatic nitrogens is 3. The number of nitrogens with two attached hydrogens (primary N) is 1. The summed E-state index contributed by atoms with van der Waals surface area (Å²) in [6, 6.07) is 5.40. The third-order valence-electron chi connectivity index (χ3n) is 5.14. The molecule has 3 N–H and O–H groups in total. The predicted octanol–water partition coefficient (Wildman–Crippen LogP) is 5.18. The van der Waals surface area contributed by atoms with Gasteiger partial charge in [0.1, 0.15) is 16.6 Å². The molecule has 1 aliphatic rings. The smallest absolute Gasteiger partial charge is 0.410 e. The SMILES string of the molecule is Cc1nc(Oc2ccc(N)cc2F)c(-c2ccnc(N[C@H]3C[C@H](F)CN(C(=O)OC(C)(C)C)C3)n2)s1. The van der Waals surface area contributed by atoms with Crippen LogP contribution in [0.1, 0.15) is 32.2 Å². The van der Waals surface area contributed by atoms with Gasteiger partial charge in [0.25, 0.3) is 0 Å². The Kier molecular flexibility index (Phi) is 7.25. The fourth-order valence-corrected chi connectivity index (χ4v) is 4.51. The molecule has 2 atom stereocenters. The Morgan fingerprint density at radius 3 is 2.75 bits per heavy atom. The zero-order valence-corrected chi connectivity index (χ0v) is 21.2. The van der Waals surface area contributed by atoms with Gasteiger partial charge in [0.2, 0.25) is 11.8 Å². The van der Waals surface area contributed by atoms with Crippen LogP contribution in [0.3, 0.4) is 0 Å². The van der Waals surface area contributed by atoms with Crippen LogP contribution in [0, 0.1) is 12.7 Å². The van der Waals surface area contributed by atoms with Gasteiger partial charge in [-0.1, -0.05) is 0 Å². The lowest BCUT2D eigenvalue weighted by atomic mass is 10.0. The van der Waals surface area contributed by atoms with E-state index in [2.05, 4.69) is 20.3 Å². The molecule has 0 spiro atoms. The van der Waals surface area contributed by atoms with E-state index in [1.54, 1.807) is 40.0 Å². The molecule has 2 aromatic heterocycles. The number of carbonyl (C=O) groups is 1. The summed E-state index contributed by atoms with van der Waals surface area (Å²) in [5.41, 5.74) is 5.72. The maximum absolute atomic E-state index is 14.5. The first kappa shape index (κ1) is 25.5. The van der Waals surface area contributed by atoms with Crippen LogP contribution in [0.15, 0.2) is 30.5 Å². The highest BCUT2D eigenvalue weighted by atomic mass is 32.1. The third-order valence-corrected chi connectivity index (χ3v) is 6.11. The molecule has 1 amide bonds. The number of benzene rings is 1. The number of nitrogens with zero attached hydrogens (tertiary/aromatic N) is 4. The van der Waals surface area contributed by atoms with Crippen molar-refractivity contribution in [2.75, 3.05) is 24.1 Å². The average Bonchev–Trinajstić information content (AvgIpc) is 3.14. The Morgan fingerprint density at radius 1 is 1.25 bits per heavy atom. The maximum Gasteiger partial charge on any atom is 0.410 e. The number of carbonyl (C=O) groups excluding carboxylic acids is 1. The van der Waals surface area contributed by atoms with E-state index >= 15 is 0 Å². The van der Waals surface area contributed by atoms with Crippen molar-refractivity contribution in [3.8, 4) is 22.2 Å². The second-order valence-electron chi connectivity index (χ2n) is 9.48. The van der Waals surface area contributed by atoms with Gasteiger partial charge in [0.05, 0.1) is 17.2 Å². The van der Waals surface area contributed by atoms with Gasteiger partial charge in [-0.15, -0.1) is 11.3 Å². The normalized spacial score (nSPS) is 18.1. The third kappa shape index (κ3) is 6.36. The van der Waals surface area contributed by atoms with Crippen molar-refractivity contribution < 1.29 is 23.0 Å². The summed E-state index contributed by atoms with van der Waals surface area (Å²) in [5.74, 6) is -0.166. The lowest BCUT2D eigenvalue weighted by molar-refractivity contribution is 0.0124. The fourth-order valence-electron chi connectivity index (χ4n) is 3.70. The molecule has 192 valence electrons. The van der Waals surface area contributed by atoms with Crippen LogP contribution in [0.25, 0.3) is 10.6 Å². The average molecular weight is 519 g/mol. The molecule has 9 nitrogen and oxygen atoms in total. The quantitative estimate of drug-likeness (QED) is 0.444. The van der Waals surface area contributed by atoms with Crippen LogP contribution in [0.5, 0.6) is 11.6 Å². The molecule has 4 rings (SSSR count). The number of nitrogen functional groups attached to an aromatic ring is 1. The Balaban J connectivity index is 1.52. The molecule has 0 unspecified atom stereocenters. The largest absolute Gasteiger partial charge is 0.444 e. The molecule has 0 radical (unpaired) electrons. The number of ether oxygens (including phenoxy) is 2. The highest BCUT2D eigenvalue weighted by Gasteiger charge is 2.33. The minimum atomic E-state index is -1.22. The summed E-state index contributed by atoms with van der Waals surface area (Å²) in [5, 5.41) is 3.82. The van der Waals surface area contributed by atoms with Gasteiger partial charge in [-0.25, -0.2) is 28.5 Å². The van der Waals surface area contributed by atoms with E-state index in [1.807, 2.05) is 0 Å². The highest BCUT2D eigenvalue weighted by Crippen LogP contribution is 2.38. The molecule has 0 bridgehead atoms. The molecule has 36 heavy (non-hydrogen) atoms. The lowest BCUT2D eigenvalue weighted by Crippen LogP contribution is -2.51. The molecule has 1 aromatic carbocycles. The van der Waals surface area contributed by atoms with Crippen molar-refractivity contribution in [2.24, 2.45) is 0 Å². The summed E-state index contributed by atoms with van der Waals surface area (Å²) in [6.45, 7) is 7.30. The number of piperidine rings is 1. The number of amides is 1. The molecule has 1 saturated heterocycles. The second kappa shape index (κ2) is 10.2. The van der Waals surface area contributed by atoms with E-state index in [9.17, 15) is 13.6 Å². The molecular weight excluding hydrogens is 490 g/mol. The first-order chi connectivity index (χ1) is 17.0. The lowest BCUT2D eigenvalue weighted by Gasteiger charge is -2.36. The summed E-state index contributed by atoms with van der Waals surface area (Å²) in [6.07, 6.45) is -0.0412. The number of thiazole rings is 1. The van der Waals surface area contributed by atoms with Gasteiger partial charge >= 0.3 is 6.09 Å². The number of nitrogens with one attached hydrogen (secondary N) is 1.